The highest BCUT2D eigenvalue weighted by atomic mass is 15.0. The Morgan fingerprint density at radius 3 is 2.63 bits per heavy atom. The van der Waals surface area contributed by atoms with Gasteiger partial charge in [0.1, 0.15) is 5.82 Å². The van der Waals surface area contributed by atoms with Crippen LogP contribution in [0.2, 0.25) is 0 Å². The molecule has 0 atom stereocenters. The maximum Gasteiger partial charge on any atom is 0.110 e. The van der Waals surface area contributed by atoms with E-state index < -0.39 is 0 Å². The largest absolute Gasteiger partial charge is 0.398 e. The average Bonchev–Trinajstić information content (AvgIpc) is 2.70. The first-order chi connectivity index (χ1) is 9.08. The number of hydrogen-bond donors (Lipinski definition) is 1. The first-order valence-corrected chi connectivity index (χ1v) is 6.38. The van der Waals surface area contributed by atoms with Crippen molar-refractivity contribution in [2.75, 3.05) is 5.73 Å². The van der Waals surface area contributed by atoms with Crippen LogP contribution in [0.4, 0.5) is 5.69 Å². The Morgan fingerprint density at radius 1 is 1.05 bits per heavy atom. The van der Waals surface area contributed by atoms with E-state index in [0.717, 1.165) is 22.7 Å². The molecule has 2 N–H and O–H groups in total. The number of aryl methyl sites for hydroxylation is 2. The quantitative estimate of drug-likeness (QED) is 0.719. The van der Waals surface area contributed by atoms with Gasteiger partial charge in [-0.05, 0) is 44.0 Å². The van der Waals surface area contributed by atoms with Gasteiger partial charge in [0.05, 0.1) is 11.2 Å². The monoisotopic (exact) mass is 251 g/mol. The first-order valence-electron chi connectivity index (χ1n) is 6.38. The van der Waals surface area contributed by atoms with Crippen LogP contribution in [0.1, 0.15) is 17.0 Å². The molecule has 0 saturated carbocycles. The van der Waals surface area contributed by atoms with Crippen molar-refractivity contribution >= 4 is 11.2 Å². The topological polar surface area (TPSA) is 43.3 Å². The zero-order chi connectivity index (χ0) is 13.6. The summed E-state index contributed by atoms with van der Waals surface area (Å²) >= 11 is 0. The zero-order valence-electron chi connectivity index (χ0n) is 11.4. The molecule has 0 aliphatic carbocycles. The van der Waals surface area contributed by atoms with E-state index in [0.29, 0.717) is 0 Å². The number of anilines is 1. The number of benzene rings is 1. The summed E-state index contributed by atoms with van der Waals surface area (Å²) in [6.07, 6.45) is 1.92. The van der Waals surface area contributed by atoms with Gasteiger partial charge < -0.3 is 10.1 Å². The lowest BCUT2D eigenvalue weighted by atomic mass is 10.0. The molecule has 0 aliphatic rings. The summed E-state index contributed by atoms with van der Waals surface area (Å²) in [5, 5.41) is 0. The molecule has 3 rings (SSSR count). The van der Waals surface area contributed by atoms with Gasteiger partial charge in [0.2, 0.25) is 0 Å². The minimum Gasteiger partial charge on any atom is -0.398 e. The molecule has 0 bridgehead atoms. The van der Waals surface area contributed by atoms with Gasteiger partial charge in [0, 0.05) is 17.4 Å². The van der Waals surface area contributed by atoms with Gasteiger partial charge in [-0.15, -0.1) is 0 Å². The van der Waals surface area contributed by atoms with E-state index in [-0.39, 0.29) is 0 Å². The number of hydrogen-bond acceptors (Lipinski definition) is 2. The maximum atomic E-state index is 5.85. The smallest absolute Gasteiger partial charge is 0.110 e. The Hall–Kier alpha value is -2.29. The first kappa shape index (κ1) is 11.8. The summed E-state index contributed by atoms with van der Waals surface area (Å²) in [5.41, 5.74) is 12.5. The second-order valence-corrected chi connectivity index (χ2v) is 4.97. The Bertz CT molecular complexity index is 769. The highest BCUT2D eigenvalue weighted by Gasteiger charge is 2.12. The Kier molecular flexibility index (Phi) is 2.56. The number of aromatic nitrogens is 2. The van der Waals surface area contributed by atoms with Crippen molar-refractivity contribution in [3.8, 4) is 11.3 Å². The molecule has 2 aromatic heterocycles. The van der Waals surface area contributed by atoms with E-state index in [1.165, 1.54) is 16.7 Å². The van der Waals surface area contributed by atoms with Gasteiger partial charge in [-0.3, -0.25) is 0 Å². The van der Waals surface area contributed by atoms with Crippen molar-refractivity contribution < 1.29 is 0 Å². The average molecular weight is 251 g/mol. The standard InChI is InChI=1S/C16H17N3/c1-10-5-4-6-14(11(10)2)16-15-8-7-13(17)9-19(15)12(3)18-16/h4-9H,17H2,1-3H3. The zero-order valence-corrected chi connectivity index (χ0v) is 11.4. The van der Waals surface area contributed by atoms with Crippen molar-refractivity contribution in [3.05, 3.63) is 53.5 Å². The second-order valence-electron chi connectivity index (χ2n) is 4.97. The predicted octanol–water partition coefficient (Wildman–Crippen LogP) is 3.51. The predicted molar refractivity (Wildman–Crippen MR) is 79.3 cm³/mol. The van der Waals surface area contributed by atoms with Crippen molar-refractivity contribution in [2.45, 2.75) is 20.8 Å². The fraction of sp³-hybridized carbons (Fsp3) is 0.188. The van der Waals surface area contributed by atoms with Crippen molar-refractivity contribution in [1.82, 2.24) is 9.38 Å². The van der Waals surface area contributed by atoms with Gasteiger partial charge in [0.15, 0.2) is 0 Å². The van der Waals surface area contributed by atoms with Crippen LogP contribution in [-0.2, 0) is 0 Å². The molecule has 3 heteroatoms. The molecule has 0 radical (unpaired) electrons. The van der Waals surface area contributed by atoms with Crippen molar-refractivity contribution in [3.63, 3.8) is 0 Å². The molecule has 96 valence electrons. The lowest BCUT2D eigenvalue weighted by molar-refractivity contribution is 1.05. The van der Waals surface area contributed by atoms with Gasteiger partial charge in [0.25, 0.3) is 0 Å². The normalized spacial score (nSPS) is 11.1. The minimum atomic E-state index is 0.750. The van der Waals surface area contributed by atoms with Crippen LogP contribution in [0.15, 0.2) is 36.5 Å². The number of nitrogens with two attached hydrogens (primary N) is 1. The Labute approximate surface area is 112 Å². The van der Waals surface area contributed by atoms with Gasteiger partial charge in [-0.1, -0.05) is 18.2 Å². The second kappa shape index (κ2) is 4.12. The molecule has 0 aliphatic heterocycles. The summed E-state index contributed by atoms with van der Waals surface area (Å²) in [6, 6.07) is 10.3. The molecule has 19 heavy (non-hydrogen) atoms. The Morgan fingerprint density at radius 2 is 1.84 bits per heavy atom. The van der Waals surface area contributed by atoms with E-state index in [1.54, 1.807) is 0 Å². The summed E-state index contributed by atoms with van der Waals surface area (Å²) in [7, 11) is 0. The van der Waals surface area contributed by atoms with Crippen LogP contribution >= 0.6 is 0 Å². The number of rotatable bonds is 1. The minimum absolute atomic E-state index is 0.750. The molecular formula is C16H17N3. The van der Waals surface area contributed by atoms with E-state index in [9.17, 15) is 0 Å². The molecular weight excluding hydrogens is 234 g/mol. The van der Waals surface area contributed by atoms with Crippen LogP contribution in [0.25, 0.3) is 16.8 Å². The third-order valence-corrected chi connectivity index (χ3v) is 3.70. The van der Waals surface area contributed by atoms with Crippen LogP contribution in [0.3, 0.4) is 0 Å². The lowest BCUT2D eigenvalue weighted by Crippen LogP contribution is -1.92. The third kappa shape index (κ3) is 1.78. The molecule has 3 aromatic rings. The summed E-state index contributed by atoms with van der Waals surface area (Å²) in [6.45, 7) is 6.27. The van der Waals surface area contributed by atoms with Gasteiger partial charge >= 0.3 is 0 Å². The molecule has 0 unspecified atom stereocenters. The van der Waals surface area contributed by atoms with Gasteiger partial charge in [-0.2, -0.15) is 0 Å². The maximum absolute atomic E-state index is 5.85. The van der Waals surface area contributed by atoms with Crippen molar-refractivity contribution in [2.24, 2.45) is 0 Å². The highest BCUT2D eigenvalue weighted by molar-refractivity contribution is 5.80. The molecule has 0 saturated heterocycles. The fourth-order valence-electron chi connectivity index (χ4n) is 2.46. The van der Waals surface area contributed by atoms with E-state index in [2.05, 4.69) is 32.0 Å². The number of pyridine rings is 1. The fourth-order valence-corrected chi connectivity index (χ4v) is 2.46. The van der Waals surface area contributed by atoms with Crippen LogP contribution in [0, 0.1) is 20.8 Å². The summed E-state index contributed by atoms with van der Waals surface area (Å²) in [5.74, 6) is 0.957. The summed E-state index contributed by atoms with van der Waals surface area (Å²) in [4.78, 5) is 4.71. The lowest BCUT2D eigenvalue weighted by Gasteiger charge is -2.06. The molecule has 3 nitrogen and oxygen atoms in total. The van der Waals surface area contributed by atoms with E-state index in [4.69, 9.17) is 10.7 Å². The van der Waals surface area contributed by atoms with E-state index >= 15 is 0 Å². The number of nitrogen functional groups attached to an aromatic ring is 1. The van der Waals surface area contributed by atoms with Crippen LogP contribution < -0.4 is 5.73 Å². The molecule has 0 amide bonds. The van der Waals surface area contributed by atoms with Gasteiger partial charge in [-0.25, -0.2) is 4.98 Å². The molecule has 0 spiro atoms. The number of imidazole rings is 1. The molecule has 0 fully saturated rings. The third-order valence-electron chi connectivity index (χ3n) is 3.70. The Balaban J connectivity index is 2.34. The highest BCUT2D eigenvalue weighted by Crippen LogP contribution is 2.29. The molecule has 1 aromatic carbocycles. The SMILES string of the molecule is Cc1cccc(-c2nc(C)n3cc(N)ccc23)c1C. The van der Waals surface area contributed by atoms with Crippen molar-refractivity contribution in [1.29, 1.82) is 0 Å². The molecule has 2 heterocycles. The number of fused-ring (bicyclic) bond motifs is 1. The van der Waals surface area contributed by atoms with E-state index in [1.807, 2.05) is 29.7 Å². The number of nitrogens with zero attached hydrogens (tertiary/aromatic N) is 2. The summed E-state index contributed by atoms with van der Waals surface area (Å²) < 4.78 is 2.05. The van der Waals surface area contributed by atoms with Crippen LogP contribution in [0.5, 0.6) is 0 Å². The van der Waals surface area contributed by atoms with Crippen LogP contribution in [-0.4, -0.2) is 9.38 Å².